The molecule has 0 saturated carbocycles. The van der Waals surface area contributed by atoms with E-state index < -0.39 is 5.63 Å². The second-order valence-corrected chi connectivity index (χ2v) is 6.61. The average molecular weight is 365 g/mol. The Kier molecular flexibility index (Phi) is 5.60. The first-order valence-corrected chi connectivity index (χ1v) is 9.05. The van der Waals surface area contributed by atoms with Crippen molar-refractivity contribution < 1.29 is 13.9 Å². The molecule has 0 saturated heterocycles. The SMILES string of the molecule is CCN(Cc1ccccc1)C(=O)c1cc(=O)oc2cc(OC(C)C)ccc12. The second-order valence-electron chi connectivity index (χ2n) is 6.61. The van der Waals surface area contributed by atoms with Gasteiger partial charge in [0, 0.05) is 30.6 Å². The van der Waals surface area contributed by atoms with Crippen LogP contribution in [0.25, 0.3) is 11.0 Å². The number of carbonyl (C=O) groups is 1. The van der Waals surface area contributed by atoms with Crippen LogP contribution in [0.4, 0.5) is 0 Å². The zero-order valence-corrected chi connectivity index (χ0v) is 15.8. The van der Waals surface area contributed by atoms with E-state index in [1.54, 1.807) is 23.1 Å². The van der Waals surface area contributed by atoms with Gasteiger partial charge in [0.2, 0.25) is 0 Å². The van der Waals surface area contributed by atoms with Crippen molar-refractivity contribution in [1.29, 1.82) is 0 Å². The number of carbonyl (C=O) groups excluding carboxylic acids is 1. The number of hydrogen-bond donors (Lipinski definition) is 0. The first-order chi connectivity index (χ1) is 13.0. The number of amides is 1. The number of nitrogens with zero attached hydrogens (tertiary/aromatic N) is 1. The molecule has 1 amide bonds. The highest BCUT2D eigenvalue weighted by Gasteiger charge is 2.19. The van der Waals surface area contributed by atoms with Crippen LogP contribution in [0.3, 0.4) is 0 Å². The number of benzene rings is 2. The summed E-state index contributed by atoms with van der Waals surface area (Å²) in [7, 11) is 0. The van der Waals surface area contributed by atoms with Gasteiger partial charge in [-0.3, -0.25) is 4.79 Å². The Hall–Kier alpha value is -3.08. The molecule has 0 aliphatic rings. The van der Waals surface area contributed by atoms with Crippen LogP contribution >= 0.6 is 0 Å². The molecule has 2 aromatic carbocycles. The van der Waals surface area contributed by atoms with Gasteiger partial charge in [-0.15, -0.1) is 0 Å². The third-order valence-electron chi connectivity index (χ3n) is 4.20. The predicted molar refractivity (Wildman–Crippen MR) is 105 cm³/mol. The molecule has 0 bridgehead atoms. The summed E-state index contributed by atoms with van der Waals surface area (Å²) in [6.07, 6.45) is 0.000409. The third kappa shape index (κ3) is 4.37. The number of hydrogen-bond acceptors (Lipinski definition) is 4. The van der Waals surface area contributed by atoms with Gasteiger partial charge in [-0.1, -0.05) is 30.3 Å². The van der Waals surface area contributed by atoms with Gasteiger partial charge in [0.1, 0.15) is 11.3 Å². The largest absolute Gasteiger partial charge is 0.491 e. The predicted octanol–water partition coefficient (Wildman–Crippen LogP) is 4.24. The molecule has 0 N–H and O–H groups in total. The average Bonchev–Trinajstić information content (AvgIpc) is 2.65. The molecule has 3 aromatic rings. The highest BCUT2D eigenvalue weighted by atomic mass is 16.5. The van der Waals surface area contributed by atoms with Crippen molar-refractivity contribution in [2.45, 2.75) is 33.4 Å². The molecule has 27 heavy (non-hydrogen) atoms. The monoisotopic (exact) mass is 365 g/mol. The molecule has 0 spiro atoms. The highest BCUT2D eigenvalue weighted by molar-refractivity contribution is 6.05. The quantitative estimate of drug-likeness (QED) is 0.613. The summed E-state index contributed by atoms with van der Waals surface area (Å²) in [4.78, 5) is 26.9. The molecule has 3 rings (SSSR count). The summed E-state index contributed by atoms with van der Waals surface area (Å²) in [5.41, 5.74) is 1.17. The standard InChI is InChI=1S/C22H23NO4/c1-4-23(14-16-8-6-5-7-9-16)22(25)19-13-21(24)27-20-12-17(26-15(2)3)10-11-18(19)20/h5-13,15H,4,14H2,1-3H3. The fraction of sp³-hybridized carbons (Fsp3) is 0.273. The minimum Gasteiger partial charge on any atom is -0.491 e. The van der Waals surface area contributed by atoms with Crippen LogP contribution in [0.1, 0.15) is 36.7 Å². The van der Waals surface area contributed by atoms with Gasteiger partial charge in [-0.25, -0.2) is 4.79 Å². The van der Waals surface area contributed by atoms with Gasteiger partial charge in [-0.05, 0) is 38.5 Å². The van der Waals surface area contributed by atoms with E-state index in [0.29, 0.717) is 35.4 Å². The van der Waals surface area contributed by atoms with Gasteiger partial charge >= 0.3 is 5.63 Å². The fourth-order valence-electron chi connectivity index (χ4n) is 2.97. The smallest absolute Gasteiger partial charge is 0.337 e. The van der Waals surface area contributed by atoms with E-state index in [1.807, 2.05) is 51.1 Å². The van der Waals surface area contributed by atoms with Crippen LogP contribution in [0.15, 0.2) is 63.8 Å². The van der Waals surface area contributed by atoms with E-state index in [0.717, 1.165) is 5.56 Å². The van der Waals surface area contributed by atoms with Crippen LogP contribution in [-0.2, 0) is 6.54 Å². The summed E-state index contributed by atoms with van der Waals surface area (Å²) in [6, 6.07) is 16.2. The Morgan fingerprint density at radius 1 is 1.11 bits per heavy atom. The summed E-state index contributed by atoms with van der Waals surface area (Å²) in [5.74, 6) is 0.402. The highest BCUT2D eigenvalue weighted by Crippen LogP contribution is 2.24. The van der Waals surface area contributed by atoms with Gasteiger partial charge in [0.15, 0.2) is 0 Å². The summed E-state index contributed by atoms with van der Waals surface area (Å²) in [5, 5.41) is 0.599. The van der Waals surface area contributed by atoms with Gasteiger partial charge in [-0.2, -0.15) is 0 Å². The van der Waals surface area contributed by atoms with Crippen molar-refractivity contribution >= 4 is 16.9 Å². The zero-order valence-electron chi connectivity index (χ0n) is 15.8. The first-order valence-electron chi connectivity index (χ1n) is 9.05. The molecular weight excluding hydrogens is 342 g/mol. The number of fused-ring (bicyclic) bond motifs is 1. The van der Waals surface area contributed by atoms with Crippen molar-refractivity contribution in [3.8, 4) is 5.75 Å². The molecule has 0 unspecified atom stereocenters. The summed E-state index contributed by atoms with van der Waals surface area (Å²) >= 11 is 0. The van der Waals surface area contributed by atoms with Crippen LogP contribution < -0.4 is 10.4 Å². The Morgan fingerprint density at radius 3 is 2.52 bits per heavy atom. The number of rotatable bonds is 6. The van der Waals surface area contributed by atoms with Crippen molar-refractivity contribution in [3.63, 3.8) is 0 Å². The topological polar surface area (TPSA) is 59.8 Å². The molecule has 1 aromatic heterocycles. The van der Waals surface area contributed by atoms with E-state index >= 15 is 0 Å². The Balaban J connectivity index is 1.98. The molecule has 5 nitrogen and oxygen atoms in total. The van der Waals surface area contributed by atoms with Crippen LogP contribution in [0.2, 0.25) is 0 Å². The van der Waals surface area contributed by atoms with Crippen molar-refractivity contribution in [2.24, 2.45) is 0 Å². The Bertz CT molecular complexity index is 992. The third-order valence-corrected chi connectivity index (χ3v) is 4.20. The minimum atomic E-state index is -0.552. The van der Waals surface area contributed by atoms with Gasteiger partial charge < -0.3 is 14.1 Å². The maximum Gasteiger partial charge on any atom is 0.337 e. The van der Waals surface area contributed by atoms with Crippen LogP contribution in [0.5, 0.6) is 5.75 Å². The second kappa shape index (κ2) is 8.08. The molecule has 5 heteroatoms. The molecule has 0 aliphatic heterocycles. The lowest BCUT2D eigenvalue weighted by Crippen LogP contribution is -2.31. The summed E-state index contributed by atoms with van der Waals surface area (Å²) in [6.45, 7) is 6.77. The first kappa shape index (κ1) is 18.7. The van der Waals surface area contributed by atoms with Gasteiger partial charge in [0.05, 0.1) is 11.7 Å². The number of ether oxygens (including phenoxy) is 1. The van der Waals surface area contributed by atoms with Crippen LogP contribution in [-0.4, -0.2) is 23.5 Å². The van der Waals surface area contributed by atoms with E-state index in [2.05, 4.69) is 0 Å². The van der Waals surface area contributed by atoms with E-state index in [9.17, 15) is 9.59 Å². The van der Waals surface area contributed by atoms with Gasteiger partial charge in [0.25, 0.3) is 5.91 Å². The molecule has 0 atom stereocenters. The molecule has 0 aliphatic carbocycles. The lowest BCUT2D eigenvalue weighted by atomic mass is 10.1. The summed E-state index contributed by atoms with van der Waals surface area (Å²) < 4.78 is 11.0. The molecular formula is C22H23NO4. The molecule has 0 radical (unpaired) electrons. The maximum atomic E-state index is 13.1. The van der Waals surface area contributed by atoms with E-state index in [1.165, 1.54) is 6.07 Å². The molecule has 140 valence electrons. The maximum absolute atomic E-state index is 13.1. The minimum absolute atomic E-state index is 0.000409. The zero-order chi connectivity index (χ0) is 19.4. The normalized spacial score (nSPS) is 11.0. The lowest BCUT2D eigenvalue weighted by molar-refractivity contribution is 0.0754. The fourth-order valence-corrected chi connectivity index (χ4v) is 2.97. The lowest BCUT2D eigenvalue weighted by Gasteiger charge is -2.21. The van der Waals surface area contributed by atoms with Crippen molar-refractivity contribution in [3.05, 3.63) is 76.1 Å². The molecule has 0 fully saturated rings. The molecule has 1 heterocycles. The Morgan fingerprint density at radius 2 is 1.85 bits per heavy atom. The van der Waals surface area contributed by atoms with Crippen molar-refractivity contribution in [1.82, 2.24) is 4.90 Å². The van der Waals surface area contributed by atoms with Crippen LogP contribution in [0, 0.1) is 0 Å². The van der Waals surface area contributed by atoms with E-state index in [-0.39, 0.29) is 12.0 Å². The Labute approximate surface area is 158 Å². The van der Waals surface area contributed by atoms with Crippen molar-refractivity contribution in [2.75, 3.05) is 6.54 Å². The van der Waals surface area contributed by atoms with E-state index in [4.69, 9.17) is 9.15 Å².